The molecule has 1 fully saturated rings. The van der Waals surface area contributed by atoms with Gasteiger partial charge in [0.15, 0.2) is 0 Å². The van der Waals surface area contributed by atoms with Gasteiger partial charge < -0.3 is 20.6 Å². The number of nitrogens with zero attached hydrogens (tertiary/aromatic N) is 2. The molecule has 0 radical (unpaired) electrons. The minimum atomic E-state index is -0.203. The van der Waals surface area contributed by atoms with Gasteiger partial charge in [0.2, 0.25) is 5.91 Å². The highest BCUT2D eigenvalue weighted by Crippen LogP contribution is 2.20. The normalized spacial score (nSPS) is 19.4. The molecular weight excluding hydrogens is 242 g/mol. The minimum Gasteiger partial charge on any atom is -0.393 e. The lowest BCUT2D eigenvalue weighted by atomic mass is 9.92. The molecule has 0 aromatic heterocycles. The number of amides is 1. The highest BCUT2D eigenvalue weighted by atomic mass is 16.3. The van der Waals surface area contributed by atoms with Crippen LogP contribution in [0.25, 0.3) is 0 Å². The Hall–Kier alpha value is -0.650. The van der Waals surface area contributed by atoms with Gasteiger partial charge in [0.25, 0.3) is 0 Å². The van der Waals surface area contributed by atoms with Crippen LogP contribution in [0.3, 0.4) is 0 Å². The molecule has 0 aromatic carbocycles. The van der Waals surface area contributed by atoms with E-state index >= 15 is 0 Å². The fraction of sp³-hybridized carbons (Fsp3) is 0.929. The smallest absolute Gasteiger partial charge is 0.223 e. The lowest BCUT2D eigenvalue weighted by Gasteiger charge is -2.33. The molecule has 1 atom stereocenters. The number of carbonyl (C=O) groups excluding carboxylic acids is 1. The fourth-order valence-corrected chi connectivity index (χ4v) is 2.56. The molecule has 1 aliphatic heterocycles. The molecule has 1 aliphatic rings. The van der Waals surface area contributed by atoms with E-state index in [0.29, 0.717) is 18.9 Å². The van der Waals surface area contributed by atoms with Crippen molar-refractivity contribution in [3.8, 4) is 0 Å². The summed E-state index contributed by atoms with van der Waals surface area (Å²) < 4.78 is 0. The summed E-state index contributed by atoms with van der Waals surface area (Å²) in [5.74, 6) is 0.630. The van der Waals surface area contributed by atoms with E-state index in [0.717, 1.165) is 45.4 Å². The van der Waals surface area contributed by atoms with Gasteiger partial charge in [-0.15, -0.1) is 0 Å². The van der Waals surface area contributed by atoms with Crippen molar-refractivity contribution in [3.05, 3.63) is 0 Å². The Bertz CT molecular complexity index is 263. The van der Waals surface area contributed by atoms with E-state index < -0.39 is 0 Å². The maximum atomic E-state index is 11.9. The predicted octanol–water partition coefficient (Wildman–Crippen LogP) is 0.277. The Balaban J connectivity index is 2.18. The van der Waals surface area contributed by atoms with Gasteiger partial charge in [-0.3, -0.25) is 4.79 Å². The van der Waals surface area contributed by atoms with Crippen LogP contribution in [0.5, 0.6) is 0 Å². The molecule has 3 N–H and O–H groups in total. The number of carbonyl (C=O) groups is 1. The number of hydrogen-bond acceptors (Lipinski definition) is 4. The monoisotopic (exact) mass is 271 g/mol. The zero-order valence-electron chi connectivity index (χ0n) is 12.3. The second kappa shape index (κ2) is 8.51. The first kappa shape index (κ1) is 16.4. The Kier molecular flexibility index (Phi) is 7.34. The highest BCUT2D eigenvalue weighted by Gasteiger charge is 2.22. The number of piperidine rings is 1. The van der Waals surface area contributed by atoms with Gasteiger partial charge in [-0.1, -0.05) is 0 Å². The van der Waals surface area contributed by atoms with Gasteiger partial charge in [0, 0.05) is 26.6 Å². The Morgan fingerprint density at radius 3 is 2.63 bits per heavy atom. The van der Waals surface area contributed by atoms with Gasteiger partial charge in [-0.25, -0.2) is 0 Å². The maximum Gasteiger partial charge on any atom is 0.223 e. The van der Waals surface area contributed by atoms with Crippen molar-refractivity contribution in [2.45, 2.75) is 38.7 Å². The topological polar surface area (TPSA) is 69.8 Å². The van der Waals surface area contributed by atoms with E-state index in [4.69, 9.17) is 5.73 Å². The summed E-state index contributed by atoms with van der Waals surface area (Å²) in [6.07, 6.45) is 3.32. The number of nitrogens with two attached hydrogens (primary N) is 1. The zero-order valence-corrected chi connectivity index (χ0v) is 12.3. The number of aliphatic hydroxyl groups excluding tert-OH is 1. The third kappa shape index (κ3) is 5.89. The zero-order chi connectivity index (χ0) is 14.3. The second-order valence-corrected chi connectivity index (χ2v) is 5.63. The van der Waals surface area contributed by atoms with Crippen molar-refractivity contribution in [2.24, 2.45) is 11.7 Å². The van der Waals surface area contributed by atoms with Crippen molar-refractivity contribution in [2.75, 3.05) is 39.8 Å². The SMILES string of the molecule is CC(O)C1CCN(CCC(=O)N(C)CCCN)CC1. The first-order valence-corrected chi connectivity index (χ1v) is 7.39. The molecule has 1 rings (SSSR count). The second-order valence-electron chi connectivity index (χ2n) is 5.63. The van der Waals surface area contributed by atoms with Crippen LogP contribution in [0, 0.1) is 5.92 Å². The molecule has 0 aliphatic carbocycles. The molecule has 19 heavy (non-hydrogen) atoms. The maximum absolute atomic E-state index is 11.9. The quantitative estimate of drug-likeness (QED) is 0.697. The standard InChI is InChI=1S/C14H29N3O2/c1-12(18)13-4-9-17(10-5-13)11-6-14(19)16(2)8-3-7-15/h12-13,18H,3-11,15H2,1-2H3. The molecule has 0 spiro atoms. The molecular formula is C14H29N3O2. The molecule has 0 saturated carbocycles. The highest BCUT2D eigenvalue weighted by molar-refractivity contribution is 5.76. The fourth-order valence-electron chi connectivity index (χ4n) is 2.56. The summed E-state index contributed by atoms with van der Waals surface area (Å²) in [5.41, 5.74) is 5.44. The largest absolute Gasteiger partial charge is 0.393 e. The summed E-state index contributed by atoms with van der Waals surface area (Å²) >= 11 is 0. The van der Waals surface area contributed by atoms with Crippen LogP contribution >= 0.6 is 0 Å². The van der Waals surface area contributed by atoms with Crippen molar-refractivity contribution in [3.63, 3.8) is 0 Å². The summed E-state index contributed by atoms with van der Waals surface area (Å²) in [6, 6.07) is 0. The number of aliphatic hydroxyl groups is 1. The van der Waals surface area contributed by atoms with Gasteiger partial charge >= 0.3 is 0 Å². The molecule has 1 saturated heterocycles. The van der Waals surface area contributed by atoms with Crippen LogP contribution in [-0.2, 0) is 4.79 Å². The molecule has 0 bridgehead atoms. The average molecular weight is 271 g/mol. The van der Waals surface area contributed by atoms with Crippen molar-refractivity contribution >= 4 is 5.91 Å². The van der Waals surface area contributed by atoms with Gasteiger partial charge in [-0.2, -0.15) is 0 Å². The van der Waals surface area contributed by atoms with E-state index in [1.807, 2.05) is 14.0 Å². The van der Waals surface area contributed by atoms with Crippen molar-refractivity contribution in [1.82, 2.24) is 9.80 Å². The lowest BCUT2D eigenvalue weighted by molar-refractivity contribution is -0.130. The summed E-state index contributed by atoms with van der Waals surface area (Å²) in [5, 5.41) is 9.55. The van der Waals surface area contributed by atoms with Crippen LogP contribution in [0.1, 0.15) is 32.6 Å². The molecule has 1 heterocycles. The minimum absolute atomic E-state index is 0.200. The van der Waals surface area contributed by atoms with E-state index in [9.17, 15) is 9.90 Å². The number of hydrogen-bond donors (Lipinski definition) is 2. The Morgan fingerprint density at radius 1 is 1.47 bits per heavy atom. The molecule has 112 valence electrons. The average Bonchev–Trinajstić information content (AvgIpc) is 2.42. The summed E-state index contributed by atoms with van der Waals surface area (Å²) in [6.45, 7) is 6.07. The molecule has 5 heteroatoms. The van der Waals surface area contributed by atoms with E-state index in [1.165, 1.54) is 0 Å². The summed E-state index contributed by atoms with van der Waals surface area (Å²) in [4.78, 5) is 16.0. The summed E-state index contributed by atoms with van der Waals surface area (Å²) in [7, 11) is 1.84. The molecule has 1 amide bonds. The number of rotatable bonds is 7. The van der Waals surface area contributed by atoms with Gasteiger partial charge in [-0.05, 0) is 51.7 Å². The molecule has 1 unspecified atom stereocenters. The van der Waals surface area contributed by atoms with E-state index in [1.54, 1.807) is 4.90 Å². The Labute approximate surface area is 116 Å². The number of likely N-dealkylation sites (tertiary alicyclic amines) is 1. The molecule has 0 aromatic rings. The first-order valence-electron chi connectivity index (χ1n) is 7.39. The lowest BCUT2D eigenvalue weighted by Crippen LogP contribution is -2.39. The van der Waals surface area contributed by atoms with Crippen LogP contribution < -0.4 is 5.73 Å². The van der Waals surface area contributed by atoms with Gasteiger partial charge in [0.05, 0.1) is 6.10 Å². The predicted molar refractivity (Wildman–Crippen MR) is 76.8 cm³/mol. The van der Waals surface area contributed by atoms with Gasteiger partial charge in [0.1, 0.15) is 0 Å². The van der Waals surface area contributed by atoms with E-state index in [-0.39, 0.29) is 12.0 Å². The van der Waals surface area contributed by atoms with Crippen LogP contribution in [0.4, 0.5) is 0 Å². The van der Waals surface area contributed by atoms with Crippen molar-refractivity contribution in [1.29, 1.82) is 0 Å². The van der Waals surface area contributed by atoms with E-state index in [2.05, 4.69) is 4.90 Å². The van der Waals surface area contributed by atoms with Crippen LogP contribution in [0.2, 0.25) is 0 Å². The van der Waals surface area contributed by atoms with Crippen LogP contribution in [-0.4, -0.2) is 66.7 Å². The first-order chi connectivity index (χ1) is 9.04. The molecule has 5 nitrogen and oxygen atoms in total. The third-order valence-electron chi connectivity index (χ3n) is 4.08. The third-order valence-corrected chi connectivity index (χ3v) is 4.08. The Morgan fingerprint density at radius 2 is 2.11 bits per heavy atom. The van der Waals surface area contributed by atoms with Crippen molar-refractivity contribution < 1.29 is 9.90 Å². The van der Waals surface area contributed by atoms with Crippen LogP contribution in [0.15, 0.2) is 0 Å².